The molecular weight excluding hydrogens is 624 g/mol. The molecule has 0 saturated carbocycles. The lowest BCUT2D eigenvalue weighted by molar-refractivity contribution is -0.150. The molecule has 0 aromatic rings. The number of esters is 1. The quantitative estimate of drug-likeness (QED) is 0.0332. The first-order chi connectivity index (χ1) is 24.4. The number of carbonyl (C=O) groups is 3. The first-order valence-corrected chi connectivity index (χ1v) is 21.5. The van der Waals surface area contributed by atoms with Gasteiger partial charge < -0.3 is 20.9 Å². The van der Waals surface area contributed by atoms with Gasteiger partial charge in [0.15, 0.2) is 0 Å². The number of unbranched alkanes of at least 4 members (excludes halogenated alkanes) is 23. The first-order valence-electron chi connectivity index (χ1n) is 21.5. The summed E-state index contributed by atoms with van der Waals surface area (Å²) in [6.45, 7) is 4.93. The summed E-state index contributed by atoms with van der Waals surface area (Å²) >= 11 is 0. The van der Waals surface area contributed by atoms with E-state index >= 15 is 0 Å². The van der Waals surface area contributed by atoms with Gasteiger partial charge in [0, 0.05) is 12.8 Å². The number of carboxylic acid groups (broad SMARTS) is 1. The second-order valence-electron chi connectivity index (χ2n) is 14.8. The number of allylic oxidation sites excluding steroid dienone is 2. The Morgan fingerprint density at radius 2 is 0.980 bits per heavy atom. The maximum Gasteiger partial charge on any atom is 0.326 e. The maximum absolute atomic E-state index is 12.7. The number of nitrogens with one attached hydrogen (secondary N) is 1. The molecule has 0 fully saturated rings. The van der Waals surface area contributed by atoms with Gasteiger partial charge >= 0.3 is 11.9 Å². The van der Waals surface area contributed by atoms with Crippen LogP contribution >= 0.6 is 0 Å². The van der Waals surface area contributed by atoms with Crippen molar-refractivity contribution in [2.45, 2.75) is 238 Å². The molecule has 0 spiro atoms. The van der Waals surface area contributed by atoms with Crippen LogP contribution in [-0.4, -0.2) is 41.6 Å². The molecule has 0 saturated heterocycles. The van der Waals surface area contributed by atoms with Crippen molar-refractivity contribution >= 4 is 17.8 Å². The van der Waals surface area contributed by atoms with Crippen molar-refractivity contribution in [1.82, 2.24) is 5.32 Å². The molecular formula is C43H82N2O5. The third-order valence-electron chi connectivity index (χ3n) is 9.83. The number of hydrogen-bond donors (Lipinski definition) is 3. The summed E-state index contributed by atoms with van der Waals surface area (Å²) in [5.41, 5.74) is 5.47. The van der Waals surface area contributed by atoms with E-state index in [0.29, 0.717) is 32.2 Å². The normalized spacial score (nSPS) is 12.7. The highest BCUT2D eigenvalue weighted by molar-refractivity contribution is 5.83. The molecule has 2 atom stereocenters. The van der Waals surface area contributed by atoms with Crippen molar-refractivity contribution in [1.29, 1.82) is 0 Å². The van der Waals surface area contributed by atoms with Gasteiger partial charge in [-0.25, -0.2) is 4.79 Å². The minimum atomic E-state index is -1.00. The van der Waals surface area contributed by atoms with Gasteiger partial charge in [-0.05, 0) is 83.6 Å². The molecule has 7 heteroatoms. The Kier molecular flexibility index (Phi) is 36.9. The van der Waals surface area contributed by atoms with Crippen LogP contribution in [0.15, 0.2) is 12.2 Å². The predicted octanol–water partition coefficient (Wildman–Crippen LogP) is 11.9. The van der Waals surface area contributed by atoms with Crippen molar-refractivity contribution in [3.05, 3.63) is 12.2 Å². The molecule has 4 N–H and O–H groups in total. The summed E-state index contributed by atoms with van der Waals surface area (Å²) in [6, 6.07) is -0.853. The predicted molar refractivity (Wildman–Crippen MR) is 211 cm³/mol. The van der Waals surface area contributed by atoms with Crippen LogP contribution < -0.4 is 11.1 Å². The van der Waals surface area contributed by atoms with E-state index < -0.39 is 12.0 Å². The molecule has 0 bridgehead atoms. The molecule has 2 unspecified atom stereocenters. The van der Waals surface area contributed by atoms with Gasteiger partial charge in [0.05, 0.1) is 0 Å². The number of ether oxygens (including phenoxy) is 1. The van der Waals surface area contributed by atoms with Crippen molar-refractivity contribution in [2.75, 3.05) is 6.54 Å². The largest absolute Gasteiger partial charge is 0.480 e. The van der Waals surface area contributed by atoms with E-state index in [9.17, 15) is 19.5 Å². The highest BCUT2D eigenvalue weighted by atomic mass is 16.5. The van der Waals surface area contributed by atoms with E-state index in [4.69, 9.17) is 10.5 Å². The Hall–Kier alpha value is -1.89. The Labute approximate surface area is 309 Å². The fraction of sp³-hybridized carbons (Fsp3) is 0.884. The van der Waals surface area contributed by atoms with Crippen LogP contribution in [0.1, 0.15) is 226 Å². The molecule has 0 aliphatic rings. The van der Waals surface area contributed by atoms with E-state index in [2.05, 4.69) is 31.3 Å². The van der Waals surface area contributed by atoms with Crippen LogP contribution in [0.25, 0.3) is 0 Å². The number of amides is 1. The van der Waals surface area contributed by atoms with Gasteiger partial charge in [-0.15, -0.1) is 0 Å². The Bertz CT molecular complexity index is 802. The fourth-order valence-electron chi connectivity index (χ4n) is 6.56. The number of hydrogen-bond acceptors (Lipinski definition) is 5. The van der Waals surface area contributed by atoms with Crippen LogP contribution in [0.3, 0.4) is 0 Å². The molecule has 0 heterocycles. The molecule has 0 aromatic heterocycles. The zero-order valence-electron chi connectivity index (χ0n) is 33.0. The van der Waals surface area contributed by atoms with Crippen LogP contribution in [0.5, 0.6) is 0 Å². The van der Waals surface area contributed by atoms with Gasteiger partial charge in [0.2, 0.25) is 5.91 Å². The number of aliphatic carboxylic acids is 1. The van der Waals surface area contributed by atoms with E-state index in [1.54, 1.807) is 0 Å². The third-order valence-corrected chi connectivity index (χ3v) is 9.83. The minimum Gasteiger partial charge on any atom is -0.480 e. The molecule has 7 nitrogen and oxygen atoms in total. The molecule has 294 valence electrons. The van der Waals surface area contributed by atoms with E-state index in [-0.39, 0.29) is 18.0 Å². The number of rotatable bonds is 39. The van der Waals surface area contributed by atoms with Gasteiger partial charge in [0.1, 0.15) is 12.1 Å². The molecule has 1 amide bonds. The van der Waals surface area contributed by atoms with Gasteiger partial charge in [-0.3, -0.25) is 9.59 Å². The molecule has 0 aliphatic heterocycles. The molecule has 0 radical (unpaired) electrons. The smallest absolute Gasteiger partial charge is 0.326 e. The van der Waals surface area contributed by atoms with Gasteiger partial charge in [-0.1, -0.05) is 148 Å². The SMILES string of the molecule is CCCCCCCCC/C=C\CCCCCCCCCC(=O)OC(CCCCCCCC)CCCCCCCC(=O)NC(CCCN)C(=O)O. The topological polar surface area (TPSA) is 119 Å². The van der Waals surface area contributed by atoms with Gasteiger partial charge in [-0.2, -0.15) is 0 Å². The van der Waals surface area contributed by atoms with E-state index in [1.807, 2.05) is 0 Å². The Morgan fingerprint density at radius 3 is 1.44 bits per heavy atom. The molecule has 0 aromatic carbocycles. The summed E-state index contributed by atoms with van der Waals surface area (Å²) in [5.74, 6) is -1.23. The summed E-state index contributed by atoms with van der Waals surface area (Å²) in [7, 11) is 0. The molecule has 0 rings (SSSR count). The van der Waals surface area contributed by atoms with Crippen molar-refractivity contribution in [2.24, 2.45) is 5.73 Å². The number of carbonyl (C=O) groups excluding carboxylic acids is 2. The molecule has 0 aliphatic carbocycles. The van der Waals surface area contributed by atoms with Crippen LogP contribution in [0.2, 0.25) is 0 Å². The molecule has 50 heavy (non-hydrogen) atoms. The Balaban J connectivity index is 4.07. The maximum atomic E-state index is 12.7. The van der Waals surface area contributed by atoms with Crippen molar-refractivity contribution in [3.63, 3.8) is 0 Å². The van der Waals surface area contributed by atoms with Crippen molar-refractivity contribution in [3.8, 4) is 0 Å². The standard InChI is InChI=1S/C43H82N2O5/c1-3-5-7-9-11-12-13-14-15-16-17-18-19-20-21-22-27-31-37-42(47)50-39(33-28-24-10-8-6-4-2)34-29-25-23-26-30-36-41(46)45-40(43(48)49)35-32-38-44/h15-16,39-40H,3-14,17-38,44H2,1-2H3,(H,45,46)(H,48,49)/b16-15-. The lowest BCUT2D eigenvalue weighted by Gasteiger charge is -2.18. The second kappa shape index (κ2) is 38.3. The van der Waals surface area contributed by atoms with E-state index in [1.165, 1.54) is 122 Å². The summed E-state index contributed by atoms with van der Waals surface area (Å²) in [5, 5.41) is 11.9. The Morgan fingerprint density at radius 1 is 0.560 bits per heavy atom. The fourth-order valence-corrected chi connectivity index (χ4v) is 6.56. The monoisotopic (exact) mass is 707 g/mol. The van der Waals surface area contributed by atoms with Crippen LogP contribution in [-0.2, 0) is 19.1 Å². The lowest BCUT2D eigenvalue weighted by atomic mass is 10.0. The zero-order chi connectivity index (χ0) is 36.8. The average molecular weight is 707 g/mol. The number of nitrogens with two attached hydrogens (primary N) is 1. The number of carboxylic acids is 1. The average Bonchev–Trinajstić information content (AvgIpc) is 3.10. The first kappa shape index (κ1) is 48.1. The van der Waals surface area contributed by atoms with E-state index in [0.717, 1.165) is 64.2 Å². The van der Waals surface area contributed by atoms with Crippen LogP contribution in [0, 0.1) is 0 Å². The van der Waals surface area contributed by atoms with Gasteiger partial charge in [0.25, 0.3) is 0 Å². The highest BCUT2D eigenvalue weighted by Crippen LogP contribution is 2.19. The summed E-state index contributed by atoms with van der Waals surface area (Å²) in [4.78, 5) is 36.2. The van der Waals surface area contributed by atoms with Crippen LogP contribution in [0.4, 0.5) is 0 Å². The lowest BCUT2D eigenvalue weighted by Crippen LogP contribution is -2.40. The highest BCUT2D eigenvalue weighted by Gasteiger charge is 2.19. The second-order valence-corrected chi connectivity index (χ2v) is 14.8. The minimum absolute atomic E-state index is 0.0190. The van der Waals surface area contributed by atoms with Crippen molar-refractivity contribution < 1.29 is 24.2 Å². The third kappa shape index (κ3) is 34.6. The summed E-state index contributed by atoms with van der Waals surface area (Å²) in [6.07, 6.45) is 41.2. The zero-order valence-corrected chi connectivity index (χ0v) is 33.0. The summed E-state index contributed by atoms with van der Waals surface area (Å²) < 4.78 is 6.00.